The molecule has 0 radical (unpaired) electrons. The molecule has 2 atom stereocenters. The van der Waals surface area contributed by atoms with Gasteiger partial charge < -0.3 is 19.5 Å². The van der Waals surface area contributed by atoms with Crippen LogP contribution in [0.15, 0.2) is 12.1 Å². The van der Waals surface area contributed by atoms with Crippen LogP contribution in [0.25, 0.3) is 0 Å². The topological polar surface area (TPSA) is 56.8 Å². The minimum absolute atomic E-state index is 0.0987. The Morgan fingerprint density at radius 1 is 1.09 bits per heavy atom. The molecule has 0 aromatic heterocycles. The Morgan fingerprint density at radius 2 is 1.73 bits per heavy atom. The van der Waals surface area contributed by atoms with Crippen LogP contribution in [0.5, 0.6) is 17.2 Å². The maximum absolute atomic E-state index is 12.5. The first-order valence-electron chi connectivity index (χ1n) is 7.69. The molecule has 1 aromatic carbocycles. The molecule has 0 heterocycles. The van der Waals surface area contributed by atoms with Gasteiger partial charge in [-0.2, -0.15) is 0 Å². The van der Waals surface area contributed by atoms with Crippen molar-refractivity contribution < 1.29 is 19.0 Å². The molecule has 5 nitrogen and oxygen atoms in total. The SMILES string of the molecule is COc1cc(C(=O)NC2CCCC(C)C2)cc(OC)c1OC. The molecule has 1 saturated carbocycles. The summed E-state index contributed by atoms with van der Waals surface area (Å²) in [6.45, 7) is 2.23. The summed E-state index contributed by atoms with van der Waals surface area (Å²) in [6.07, 6.45) is 4.49. The summed E-state index contributed by atoms with van der Waals surface area (Å²) < 4.78 is 15.9. The molecular weight excluding hydrogens is 282 g/mol. The van der Waals surface area contributed by atoms with Crippen molar-refractivity contribution in [1.82, 2.24) is 5.32 Å². The number of rotatable bonds is 5. The quantitative estimate of drug-likeness (QED) is 0.908. The van der Waals surface area contributed by atoms with Gasteiger partial charge in [0.15, 0.2) is 11.5 Å². The molecule has 1 amide bonds. The summed E-state index contributed by atoms with van der Waals surface area (Å²) in [5, 5.41) is 3.11. The lowest BCUT2D eigenvalue weighted by Crippen LogP contribution is -2.38. The van der Waals surface area contributed by atoms with Gasteiger partial charge in [0, 0.05) is 11.6 Å². The smallest absolute Gasteiger partial charge is 0.251 e. The highest BCUT2D eigenvalue weighted by Gasteiger charge is 2.22. The predicted octanol–water partition coefficient (Wildman–Crippen LogP) is 3.02. The van der Waals surface area contributed by atoms with Crippen LogP contribution in [0.3, 0.4) is 0 Å². The zero-order valence-electron chi connectivity index (χ0n) is 13.8. The number of carbonyl (C=O) groups excluding carboxylic acids is 1. The van der Waals surface area contributed by atoms with Gasteiger partial charge in [0.2, 0.25) is 5.75 Å². The monoisotopic (exact) mass is 307 g/mol. The van der Waals surface area contributed by atoms with Gasteiger partial charge in [0.05, 0.1) is 21.3 Å². The van der Waals surface area contributed by atoms with Crippen LogP contribution in [-0.4, -0.2) is 33.3 Å². The van der Waals surface area contributed by atoms with Gasteiger partial charge in [-0.15, -0.1) is 0 Å². The highest BCUT2D eigenvalue weighted by Crippen LogP contribution is 2.38. The van der Waals surface area contributed by atoms with Crippen LogP contribution in [-0.2, 0) is 0 Å². The van der Waals surface area contributed by atoms with Crippen LogP contribution in [0, 0.1) is 5.92 Å². The summed E-state index contributed by atoms with van der Waals surface area (Å²) in [5.41, 5.74) is 0.521. The molecule has 0 aliphatic heterocycles. The number of nitrogens with one attached hydrogen (secondary N) is 1. The molecule has 5 heteroatoms. The molecule has 22 heavy (non-hydrogen) atoms. The molecule has 2 unspecified atom stereocenters. The van der Waals surface area contributed by atoms with Crippen molar-refractivity contribution in [3.8, 4) is 17.2 Å². The van der Waals surface area contributed by atoms with E-state index < -0.39 is 0 Å². The molecule has 1 fully saturated rings. The second kappa shape index (κ2) is 7.38. The number of hydrogen-bond acceptors (Lipinski definition) is 4. The van der Waals surface area contributed by atoms with Crippen LogP contribution >= 0.6 is 0 Å². The van der Waals surface area contributed by atoms with Gasteiger partial charge in [0.1, 0.15) is 0 Å². The van der Waals surface area contributed by atoms with E-state index in [9.17, 15) is 4.79 Å². The summed E-state index contributed by atoms with van der Waals surface area (Å²) in [4.78, 5) is 12.5. The molecule has 122 valence electrons. The fourth-order valence-corrected chi connectivity index (χ4v) is 3.05. The summed E-state index contributed by atoms with van der Waals surface area (Å²) >= 11 is 0. The highest BCUT2D eigenvalue weighted by molar-refractivity contribution is 5.95. The normalized spacial score (nSPS) is 21.1. The first kappa shape index (κ1) is 16.5. The third-order valence-corrected chi connectivity index (χ3v) is 4.20. The van der Waals surface area contributed by atoms with Gasteiger partial charge in [0.25, 0.3) is 5.91 Å². The van der Waals surface area contributed by atoms with E-state index >= 15 is 0 Å². The van der Waals surface area contributed by atoms with Crippen molar-refractivity contribution in [2.24, 2.45) is 5.92 Å². The zero-order chi connectivity index (χ0) is 16.1. The number of hydrogen-bond donors (Lipinski definition) is 1. The number of methoxy groups -OCH3 is 3. The van der Waals surface area contributed by atoms with E-state index in [1.165, 1.54) is 12.8 Å². The highest BCUT2D eigenvalue weighted by atomic mass is 16.5. The Morgan fingerprint density at radius 3 is 2.23 bits per heavy atom. The van der Waals surface area contributed by atoms with E-state index in [1.807, 2.05) is 0 Å². The average Bonchev–Trinajstić information content (AvgIpc) is 2.53. The van der Waals surface area contributed by atoms with Crippen molar-refractivity contribution in [3.05, 3.63) is 17.7 Å². The van der Waals surface area contributed by atoms with Gasteiger partial charge in [-0.25, -0.2) is 0 Å². The molecule has 2 rings (SSSR count). The van der Waals surface area contributed by atoms with Crippen molar-refractivity contribution >= 4 is 5.91 Å². The lowest BCUT2D eigenvalue weighted by Gasteiger charge is -2.27. The van der Waals surface area contributed by atoms with Gasteiger partial charge in [-0.05, 0) is 30.9 Å². The minimum atomic E-state index is -0.0987. The molecule has 0 spiro atoms. The second-order valence-electron chi connectivity index (χ2n) is 5.86. The van der Waals surface area contributed by atoms with Gasteiger partial charge in [-0.3, -0.25) is 4.79 Å². The van der Waals surface area contributed by atoms with Gasteiger partial charge >= 0.3 is 0 Å². The first-order valence-corrected chi connectivity index (χ1v) is 7.69. The van der Waals surface area contributed by atoms with Crippen LogP contribution in [0.4, 0.5) is 0 Å². The van der Waals surface area contributed by atoms with E-state index in [-0.39, 0.29) is 11.9 Å². The van der Waals surface area contributed by atoms with Crippen molar-refractivity contribution in [3.63, 3.8) is 0 Å². The standard InChI is InChI=1S/C17H25NO4/c1-11-6-5-7-13(8-11)18-17(19)12-9-14(20-2)16(22-4)15(10-12)21-3/h9-11,13H,5-8H2,1-4H3,(H,18,19). The van der Waals surface area contributed by atoms with E-state index in [4.69, 9.17) is 14.2 Å². The fraction of sp³-hybridized carbons (Fsp3) is 0.588. The van der Waals surface area contributed by atoms with Crippen LogP contribution < -0.4 is 19.5 Å². The Labute approximate surface area is 131 Å². The Hall–Kier alpha value is -1.91. The van der Waals surface area contributed by atoms with Crippen molar-refractivity contribution in [2.75, 3.05) is 21.3 Å². The maximum atomic E-state index is 12.5. The van der Waals surface area contributed by atoms with E-state index in [0.29, 0.717) is 28.7 Å². The number of ether oxygens (including phenoxy) is 3. The molecule has 1 aliphatic rings. The number of benzene rings is 1. The third kappa shape index (κ3) is 3.64. The van der Waals surface area contributed by atoms with E-state index in [1.54, 1.807) is 33.5 Å². The Balaban J connectivity index is 2.18. The fourth-order valence-electron chi connectivity index (χ4n) is 3.05. The third-order valence-electron chi connectivity index (χ3n) is 4.20. The maximum Gasteiger partial charge on any atom is 0.251 e. The molecular formula is C17H25NO4. The first-order chi connectivity index (χ1) is 10.6. The summed E-state index contributed by atoms with van der Waals surface area (Å²) in [7, 11) is 4.63. The van der Waals surface area contributed by atoms with E-state index in [0.717, 1.165) is 12.8 Å². The lowest BCUT2D eigenvalue weighted by molar-refractivity contribution is 0.0920. The molecule has 1 aliphatic carbocycles. The van der Waals surface area contributed by atoms with Crippen molar-refractivity contribution in [2.45, 2.75) is 38.6 Å². The van der Waals surface area contributed by atoms with Crippen LogP contribution in [0.1, 0.15) is 43.0 Å². The van der Waals surface area contributed by atoms with Gasteiger partial charge in [-0.1, -0.05) is 19.8 Å². The molecule has 0 bridgehead atoms. The zero-order valence-corrected chi connectivity index (χ0v) is 13.8. The average molecular weight is 307 g/mol. The van der Waals surface area contributed by atoms with E-state index in [2.05, 4.69) is 12.2 Å². The molecule has 1 aromatic rings. The lowest BCUT2D eigenvalue weighted by atomic mass is 9.87. The number of carbonyl (C=O) groups is 1. The molecule has 0 saturated heterocycles. The van der Waals surface area contributed by atoms with Crippen molar-refractivity contribution in [1.29, 1.82) is 0 Å². The summed E-state index contributed by atoms with van der Waals surface area (Å²) in [5.74, 6) is 2.04. The minimum Gasteiger partial charge on any atom is -0.493 e. The summed E-state index contributed by atoms with van der Waals surface area (Å²) in [6, 6.07) is 3.61. The Bertz CT molecular complexity index is 504. The number of amides is 1. The molecule has 1 N–H and O–H groups in total. The Kier molecular flexibility index (Phi) is 5.52. The predicted molar refractivity (Wildman–Crippen MR) is 85.0 cm³/mol. The largest absolute Gasteiger partial charge is 0.493 e. The second-order valence-corrected chi connectivity index (χ2v) is 5.86. The van der Waals surface area contributed by atoms with Crippen LogP contribution in [0.2, 0.25) is 0 Å².